The minimum atomic E-state index is 0.891. The lowest BCUT2D eigenvalue weighted by atomic mass is 10.1. The Labute approximate surface area is 119 Å². The highest BCUT2D eigenvalue weighted by atomic mass is 14.9. The van der Waals surface area contributed by atoms with Gasteiger partial charge in [-0.2, -0.15) is 0 Å². The summed E-state index contributed by atoms with van der Waals surface area (Å²) >= 11 is 0. The topological polar surface area (TPSA) is 16.8 Å². The zero-order chi connectivity index (χ0) is 13.8. The van der Waals surface area contributed by atoms with Crippen molar-refractivity contribution in [2.75, 3.05) is 0 Å². The van der Waals surface area contributed by atoms with E-state index < -0.39 is 0 Å². The van der Waals surface area contributed by atoms with Gasteiger partial charge in [-0.1, -0.05) is 36.4 Å². The first-order chi connectivity index (χ1) is 9.81. The predicted octanol–water partition coefficient (Wildman–Crippen LogP) is 3.39. The minimum Gasteiger partial charge on any atom is -0.256 e. The van der Waals surface area contributed by atoms with Gasteiger partial charge in [-0.25, -0.2) is 4.57 Å². The van der Waals surface area contributed by atoms with Crippen LogP contribution in [-0.2, 0) is 6.54 Å². The van der Waals surface area contributed by atoms with E-state index in [2.05, 4.69) is 77.4 Å². The number of pyridine rings is 2. The number of aryl methyl sites for hydroxylation is 1. The molecule has 0 aliphatic heterocycles. The van der Waals surface area contributed by atoms with Crippen LogP contribution in [0.5, 0.6) is 0 Å². The summed E-state index contributed by atoms with van der Waals surface area (Å²) in [6.07, 6.45) is 6.11. The number of rotatable bonds is 3. The molecule has 2 nitrogen and oxygen atoms in total. The summed E-state index contributed by atoms with van der Waals surface area (Å²) in [6.45, 7) is 2.94. The molecule has 98 valence electrons. The quantitative estimate of drug-likeness (QED) is 0.660. The van der Waals surface area contributed by atoms with E-state index in [0.29, 0.717) is 0 Å². The monoisotopic (exact) mass is 261 g/mol. The molecule has 3 rings (SSSR count). The van der Waals surface area contributed by atoms with Crippen molar-refractivity contribution in [3.05, 3.63) is 84.3 Å². The van der Waals surface area contributed by atoms with E-state index in [0.717, 1.165) is 17.8 Å². The molecular formula is C18H17N2+. The first kappa shape index (κ1) is 12.5. The number of nitrogens with zero attached hydrogens (tertiary/aromatic N) is 2. The van der Waals surface area contributed by atoms with Crippen molar-refractivity contribution in [2.45, 2.75) is 13.5 Å². The normalized spacial score (nSPS) is 10.4. The molecule has 20 heavy (non-hydrogen) atoms. The molecule has 2 heterocycles. The number of hydrogen-bond acceptors (Lipinski definition) is 1. The van der Waals surface area contributed by atoms with Crippen molar-refractivity contribution in [3.8, 4) is 11.3 Å². The number of aromatic nitrogens is 2. The van der Waals surface area contributed by atoms with Crippen LogP contribution in [0, 0.1) is 6.92 Å². The average Bonchev–Trinajstić information content (AvgIpc) is 2.50. The molecule has 0 radical (unpaired) electrons. The first-order valence-electron chi connectivity index (χ1n) is 6.77. The molecule has 0 fully saturated rings. The lowest BCUT2D eigenvalue weighted by Gasteiger charge is -2.01. The zero-order valence-electron chi connectivity index (χ0n) is 11.5. The molecule has 0 atom stereocenters. The summed E-state index contributed by atoms with van der Waals surface area (Å²) in [5, 5.41) is 0. The number of hydrogen-bond donors (Lipinski definition) is 0. The highest BCUT2D eigenvalue weighted by Gasteiger charge is 2.04. The second-order valence-electron chi connectivity index (χ2n) is 4.97. The maximum atomic E-state index is 4.45. The fourth-order valence-electron chi connectivity index (χ4n) is 2.17. The number of benzene rings is 1. The molecule has 0 N–H and O–H groups in total. The van der Waals surface area contributed by atoms with E-state index in [1.165, 1.54) is 11.1 Å². The second kappa shape index (κ2) is 5.66. The van der Waals surface area contributed by atoms with E-state index >= 15 is 0 Å². The molecule has 2 aromatic heterocycles. The standard InChI is InChI=1S/C18H17N2/c1-15-7-8-18(19-13-15)17-9-11-20(12-10-17)14-16-5-3-2-4-6-16/h2-13H,14H2,1H3/q+1. The van der Waals surface area contributed by atoms with Crippen LogP contribution in [0.1, 0.15) is 11.1 Å². The Morgan fingerprint density at radius 2 is 1.65 bits per heavy atom. The molecule has 0 bridgehead atoms. The van der Waals surface area contributed by atoms with E-state index in [1.54, 1.807) is 0 Å². The van der Waals surface area contributed by atoms with Crippen molar-refractivity contribution in [2.24, 2.45) is 0 Å². The van der Waals surface area contributed by atoms with Gasteiger partial charge in [0.2, 0.25) is 0 Å². The van der Waals surface area contributed by atoms with Gasteiger partial charge in [-0.05, 0) is 18.6 Å². The van der Waals surface area contributed by atoms with Crippen molar-refractivity contribution >= 4 is 0 Å². The Bertz CT molecular complexity index is 671. The van der Waals surface area contributed by atoms with Crippen molar-refractivity contribution in [1.29, 1.82) is 0 Å². The molecule has 0 saturated heterocycles. The van der Waals surface area contributed by atoms with E-state index in [1.807, 2.05) is 12.3 Å². The summed E-state index contributed by atoms with van der Waals surface area (Å²) in [6, 6.07) is 18.8. The Hall–Kier alpha value is -2.48. The van der Waals surface area contributed by atoms with Crippen molar-refractivity contribution in [1.82, 2.24) is 4.98 Å². The molecule has 1 aromatic carbocycles. The third kappa shape index (κ3) is 2.91. The molecule has 3 aromatic rings. The van der Waals surface area contributed by atoms with Gasteiger partial charge in [-0.15, -0.1) is 0 Å². The molecule has 0 unspecified atom stereocenters. The van der Waals surface area contributed by atoms with Gasteiger partial charge < -0.3 is 0 Å². The lowest BCUT2D eigenvalue weighted by molar-refractivity contribution is -0.688. The van der Waals surface area contributed by atoms with Gasteiger partial charge in [0, 0.05) is 29.5 Å². The predicted molar refractivity (Wildman–Crippen MR) is 80.1 cm³/mol. The van der Waals surface area contributed by atoms with E-state index in [9.17, 15) is 0 Å². The Morgan fingerprint density at radius 3 is 2.30 bits per heavy atom. The highest BCUT2D eigenvalue weighted by molar-refractivity contribution is 5.57. The van der Waals surface area contributed by atoms with Crippen LogP contribution in [0.3, 0.4) is 0 Å². The van der Waals surface area contributed by atoms with Gasteiger partial charge in [0.1, 0.15) is 0 Å². The van der Waals surface area contributed by atoms with E-state index in [4.69, 9.17) is 0 Å². The smallest absolute Gasteiger partial charge is 0.173 e. The summed E-state index contributed by atoms with van der Waals surface area (Å²) < 4.78 is 2.17. The highest BCUT2D eigenvalue weighted by Crippen LogP contribution is 2.14. The summed E-state index contributed by atoms with van der Waals surface area (Å²) in [4.78, 5) is 4.45. The van der Waals surface area contributed by atoms with Crippen LogP contribution >= 0.6 is 0 Å². The van der Waals surface area contributed by atoms with Crippen LogP contribution in [0.2, 0.25) is 0 Å². The molecule has 0 aliphatic carbocycles. The molecule has 0 saturated carbocycles. The molecule has 0 amide bonds. The molecule has 2 heteroatoms. The van der Waals surface area contributed by atoms with Crippen LogP contribution in [0.15, 0.2) is 73.2 Å². The third-order valence-corrected chi connectivity index (χ3v) is 3.31. The maximum absolute atomic E-state index is 4.45. The van der Waals surface area contributed by atoms with Crippen LogP contribution < -0.4 is 4.57 Å². The Kier molecular flexibility index (Phi) is 3.55. The van der Waals surface area contributed by atoms with Gasteiger partial charge in [0.05, 0.1) is 5.69 Å². The van der Waals surface area contributed by atoms with Gasteiger partial charge in [0.15, 0.2) is 18.9 Å². The summed E-state index contributed by atoms with van der Waals surface area (Å²) in [7, 11) is 0. The van der Waals surface area contributed by atoms with Crippen molar-refractivity contribution < 1.29 is 4.57 Å². The zero-order valence-corrected chi connectivity index (χ0v) is 11.5. The average molecular weight is 261 g/mol. The van der Waals surface area contributed by atoms with E-state index in [-0.39, 0.29) is 0 Å². The molecule has 0 spiro atoms. The molecule has 0 aliphatic rings. The van der Waals surface area contributed by atoms with Crippen LogP contribution in [0.4, 0.5) is 0 Å². The Balaban J connectivity index is 1.79. The SMILES string of the molecule is Cc1ccc(-c2cc[n+](Cc3ccccc3)cc2)nc1. The first-order valence-corrected chi connectivity index (χ1v) is 6.77. The van der Waals surface area contributed by atoms with Crippen LogP contribution in [0.25, 0.3) is 11.3 Å². The third-order valence-electron chi connectivity index (χ3n) is 3.31. The largest absolute Gasteiger partial charge is 0.256 e. The second-order valence-corrected chi connectivity index (χ2v) is 4.97. The van der Waals surface area contributed by atoms with Gasteiger partial charge in [-0.3, -0.25) is 4.98 Å². The Morgan fingerprint density at radius 1 is 0.900 bits per heavy atom. The summed E-state index contributed by atoms with van der Waals surface area (Å²) in [5.74, 6) is 0. The fourth-order valence-corrected chi connectivity index (χ4v) is 2.17. The summed E-state index contributed by atoms with van der Waals surface area (Å²) in [5.41, 5.74) is 4.65. The van der Waals surface area contributed by atoms with Gasteiger partial charge >= 0.3 is 0 Å². The lowest BCUT2D eigenvalue weighted by Crippen LogP contribution is -2.32. The minimum absolute atomic E-state index is 0.891. The van der Waals surface area contributed by atoms with Gasteiger partial charge in [0.25, 0.3) is 0 Å². The van der Waals surface area contributed by atoms with Crippen LogP contribution in [-0.4, -0.2) is 4.98 Å². The fraction of sp³-hybridized carbons (Fsp3) is 0.111. The maximum Gasteiger partial charge on any atom is 0.173 e. The molecular weight excluding hydrogens is 244 g/mol. The van der Waals surface area contributed by atoms with Crippen molar-refractivity contribution in [3.63, 3.8) is 0 Å².